The first-order valence-electron chi connectivity index (χ1n) is 9.18. The van der Waals surface area contributed by atoms with Crippen molar-refractivity contribution in [3.05, 3.63) is 88.2 Å². The fraction of sp³-hybridized carbons (Fsp3) is 0.130. The van der Waals surface area contributed by atoms with Crippen molar-refractivity contribution in [1.82, 2.24) is 9.55 Å². The van der Waals surface area contributed by atoms with E-state index in [1.807, 2.05) is 42.5 Å². The molecule has 0 radical (unpaired) electrons. The maximum Gasteiger partial charge on any atom is 0.261 e. The van der Waals surface area contributed by atoms with Crippen LogP contribution >= 0.6 is 11.6 Å². The zero-order valence-corrected chi connectivity index (χ0v) is 16.6. The highest BCUT2D eigenvalue weighted by molar-refractivity contribution is 6.30. The summed E-state index contributed by atoms with van der Waals surface area (Å²) in [5.41, 5.74) is 1.40. The molecule has 0 aliphatic rings. The molecule has 0 unspecified atom stereocenters. The summed E-state index contributed by atoms with van der Waals surface area (Å²) in [4.78, 5) is 17.9. The molecule has 0 aliphatic carbocycles. The number of nitrogens with zero attached hydrogens (tertiary/aromatic N) is 2. The van der Waals surface area contributed by atoms with E-state index in [4.69, 9.17) is 26.1 Å². The Balaban J connectivity index is 1.70. The van der Waals surface area contributed by atoms with Crippen molar-refractivity contribution in [2.24, 2.45) is 0 Å². The number of rotatable bonds is 6. The van der Waals surface area contributed by atoms with Crippen LogP contribution in [-0.2, 0) is 6.54 Å². The normalized spacial score (nSPS) is 10.8. The van der Waals surface area contributed by atoms with E-state index in [0.717, 1.165) is 11.3 Å². The largest absolute Gasteiger partial charge is 0.497 e. The lowest BCUT2D eigenvalue weighted by molar-refractivity contribution is 0.297. The average molecular weight is 407 g/mol. The summed E-state index contributed by atoms with van der Waals surface area (Å²) < 4.78 is 12.7. The van der Waals surface area contributed by atoms with Crippen LogP contribution in [0.1, 0.15) is 0 Å². The van der Waals surface area contributed by atoms with E-state index < -0.39 is 0 Å². The third-order valence-electron chi connectivity index (χ3n) is 4.61. The summed E-state index contributed by atoms with van der Waals surface area (Å²) in [6, 6.07) is 22.0. The third-order valence-corrected chi connectivity index (χ3v) is 4.86. The van der Waals surface area contributed by atoms with Crippen molar-refractivity contribution in [1.29, 1.82) is 0 Å². The Hall–Kier alpha value is -3.31. The molecule has 0 saturated carbocycles. The summed E-state index contributed by atoms with van der Waals surface area (Å²) in [6.45, 7) is 0.686. The number of aromatic nitrogens is 2. The van der Waals surface area contributed by atoms with Gasteiger partial charge in [0, 0.05) is 10.6 Å². The van der Waals surface area contributed by atoms with Gasteiger partial charge in [0.1, 0.15) is 23.9 Å². The van der Waals surface area contributed by atoms with Gasteiger partial charge >= 0.3 is 0 Å². The minimum absolute atomic E-state index is 0.0962. The number of hydrogen-bond acceptors (Lipinski definition) is 4. The Labute approximate surface area is 173 Å². The van der Waals surface area contributed by atoms with Gasteiger partial charge in [-0.2, -0.15) is 0 Å². The maximum atomic E-state index is 13.2. The summed E-state index contributed by atoms with van der Waals surface area (Å²) in [7, 11) is 1.62. The number of fused-ring (bicyclic) bond motifs is 1. The molecule has 0 bridgehead atoms. The predicted molar refractivity (Wildman–Crippen MR) is 115 cm³/mol. The minimum Gasteiger partial charge on any atom is -0.497 e. The molecule has 0 amide bonds. The van der Waals surface area contributed by atoms with Crippen molar-refractivity contribution < 1.29 is 9.47 Å². The third kappa shape index (κ3) is 4.10. The Morgan fingerprint density at radius 3 is 2.34 bits per heavy atom. The number of hydrogen-bond donors (Lipinski definition) is 0. The van der Waals surface area contributed by atoms with Crippen LogP contribution in [0.25, 0.3) is 22.3 Å². The zero-order valence-electron chi connectivity index (χ0n) is 15.8. The highest BCUT2D eigenvalue weighted by Crippen LogP contribution is 2.22. The fourth-order valence-electron chi connectivity index (χ4n) is 3.12. The molecule has 0 fully saturated rings. The number of halogens is 1. The molecule has 0 aliphatic heterocycles. The molecule has 1 aromatic heterocycles. The first kappa shape index (κ1) is 19.0. The Morgan fingerprint density at radius 2 is 1.62 bits per heavy atom. The van der Waals surface area contributed by atoms with Gasteiger partial charge in [-0.3, -0.25) is 9.36 Å². The zero-order chi connectivity index (χ0) is 20.2. The topological polar surface area (TPSA) is 53.3 Å². The van der Waals surface area contributed by atoms with E-state index in [9.17, 15) is 4.79 Å². The maximum absolute atomic E-state index is 13.2. The van der Waals surface area contributed by atoms with Gasteiger partial charge in [0.15, 0.2) is 0 Å². The van der Waals surface area contributed by atoms with E-state index in [1.165, 1.54) is 0 Å². The number of para-hydroxylation sites is 1. The second kappa shape index (κ2) is 8.37. The molecular weight excluding hydrogens is 388 g/mol. The molecule has 5 nitrogen and oxygen atoms in total. The summed E-state index contributed by atoms with van der Waals surface area (Å²) in [6.07, 6.45) is 0. The first-order chi connectivity index (χ1) is 14.2. The second-order valence-electron chi connectivity index (χ2n) is 6.44. The molecule has 4 aromatic rings. The Kier molecular flexibility index (Phi) is 5.49. The van der Waals surface area contributed by atoms with Crippen LogP contribution in [0.5, 0.6) is 11.5 Å². The summed E-state index contributed by atoms with van der Waals surface area (Å²) in [5, 5.41) is 1.23. The molecule has 29 heavy (non-hydrogen) atoms. The van der Waals surface area contributed by atoms with Crippen molar-refractivity contribution >= 4 is 22.5 Å². The highest BCUT2D eigenvalue weighted by atomic mass is 35.5. The number of methoxy groups -OCH3 is 1. The van der Waals surface area contributed by atoms with Crippen molar-refractivity contribution in [3.63, 3.8) is 0 Å². The molecule has 4 rings (SSSR count). The van der Waals surface area contributed by atoms with E-state index in [0.29, 0.717) is 40.7 Å². The lowest BCUT2D eigenvalue weighted by atomic mass is 10.1. The fourth-order valence-corrected chi connectivity index (χ4v) is 3.25. The van der Waals surface area contributed by atoms with Gasteiger partial charge in [-0.1, -0.05) is 23.7 Å². The molecule has 6 heteroatoms. The molecule has 146 valence electrons. The first-order valence-corrected chi connectivity index (χ1v) is 9.56. The lowest BCUT2D eigenvalue weighted by Crippen LogP contribution is -2.26. The molecule has 0 saturated heterocycles. The Bertz CT molecular complexity index is 1190. The standard InChI is InChI=1S/C23H19ClN2O3/c1-28-18-10-6-16(7-11-18)22-25-21-5-3-2-4-20(21)23(27)26(22)14-15-29-19-12-8-17(24)9-13-19/h2-13H,14-15H2,1H3. The van der Waals surface area contributed by atoms with Gasteiger partial charge in [-0.15, -0.1) is 0 Å². The summed E-state index contributed by atoms with van der Waals surface area (Å²) in [5.74, 6) is 2.03. The smallest absolute Gasteiger partial charge is 0.261 e. The monoisotopic (exact) mass is 406 g/mol. The second-order valence-corrected chi connectivity index (χ2v) is 6.88. The lowest BCUT2D eigenvalue weighted by Gasteiger charge is -2.15. The number of ether oxygens (including phenoxy) is 2. The Morgan fingerprint density at radius 1 is 0.931 bits per heavy atom. The van der Waals surface area contributed by atoms with E-state index in [-0.39, 0.29) is 5.56 Å². The van der Waals surface area contributed by atoms with Crippen LogP contribution < -0.4 is 15.0 Å². The van der Waals surface area contributed by atoms with E-state index in [1.54, 1.807) is 42.0 Å². The highest BCUT2D eigenvalue weighted by Gasteiger charge is 2.13. The molecule has 1 heterocycles. The van der Waals surface area contributed by atoms with Gasteiger partial charge < -0.3 is 9.47 Å². The number of benzene rings is 3. The van der Waals surface area contributed by atoms with Crippen LogP contribution in [-0.4, -0.2) is 23.3 Å². The SMILES string of the molecule is COc1ccc(-c2nc3ccccc3c(=O)n2CCOc2ccc(Cl)cc2)cc1. The molecular formula is C23H19ClN2O3. The van der Waals surface area contributed by atoms with Gasteiger partial charge in [0.05, 0.1) is 24.6 Å². The van der Waals surface area contributed by atoms with Gasteiger partial charge in [0.2, 0.25) is 0 Å². The summed E-state index contributed by atoms with van der Waals surface area (Å²) >= 11 is 5.91. The van der Waals surface area contributed by atoms with Crippen molar-refractivity contribution in [2.45, 2.75) is 6.54 Å². The molecule has 0 spiro atoms. The van der Waals surface area contributed by atoms with E-state index >= 15 is 0 Å². The van der Waals surface area contributed by atoms with E-state index in [2.05, 4.69) is 0 Å². The predicted octanol–water partition coefficient (Wildman–Crippen LogP) is 4.80. The molecule has 3 aromatic carbocycles. The average Bonchev–Trinajstić information content (AvgIpc) is 2.76. The van der Waals surface area contributed by atoms with Crippen LogP contribution in [0.4, 0.5) is 0 Å². The van der Waals surface area contributed by atoms with Crippen molar-refractivity contribution in [3.8, 4) is 22.9 Å². The van der Waals surface area contributed by atoms with Crippen LogP contribution in [0.2, 0.25) is 5.02 Å². The molecule has 0 atom stereocenters. The van der Waals surface area contributed by atoms with Crippen LogP contribution in [0.15, 0.2) is 77.6 Å². The minimum atomic E-state index is -0.0962. The van der Waals surface area contributed by atoms with Gasteiger partial charge in [-0.25, -0.2) is 4.98 Å². The molecule has 0 N–H and O–H groups in total. The van der Waals surface area contributed by atoms with Crippen LogP contribution in [0, 0.1) is 0 Å². The van der Waals surface area contributed by atoms with Gasteiger partial charge in [-0.05, 0) is 60.7 Å². The van der Waals surface area contributed by atoms with Crippen molar-refractivity contribution in [2.75, 3.05) is 13.7 Å². The van der Waals surface area contributed by atoms with Crippen LogP contribution in [0.3, 0.4) is 0 Å². The quantitative estimate of drug-likeness (QED) is 0.461. The van der Waals surface area contributed by atoms with Gasteiger partial charge in [0.25, 0.3) is 5.56 Å².